The second-order valence-electron chi connectivity index (χ2n) is 7.76. The molecule has 0 spiro atoms. The summed E-state index contributed by atoms with van der Waals surface area (Å²) in [5.41, 5.74) is 7.19. The van der Waals surface area contributed by atoms with Gasteiger partial charge in [0, 0.05) is 24.4 Å². The zero-order valence-corrected chi connectivity index (χ0v) is 18.4. The normalized spacial score (nSPS) is 14.1. The molecule has 1 saturated carbocycles. The number of aryl methyl sites for hydroxylation is 1. The number of hydrogen-bond acceptors (Lipinski definition) is 7. The van der Waals surface area contributed by atoms with E-state index < -0.39 is 17.6 Å². The molecule has 0 aliphatic heterocycles. The predicted octanol–water partition coefficient (Wildman–Crippen LogP) is 3.75. The summed E-state index contributed by atoms with van der Waals surface area (Å²) in [5, 5.41) is 5.54. The van der Waals surface area contributed by atoms with Crippen molar-refractivity contribution in [3.05, 3.63) is 64.0 Å². The lowest BCUT2D eigenvalue weighted by atomic mass is 9.99. The number of carbonyl (C=O) groups is 2. The molecule has 4 rings (SSSR count). The molecule has 166 valence electrons. The van der Waals surface area contributed by atoms with Crippen molar-refractivity contribution < 1.29 is 18.7 Å². The van der Waals surface area contributed by atoms with Gasteiger partial charge in [0.25, 0.3) is 11.8 Å². The van der Waals surface area contributed by atoms with Crippen LogP contribution in [0.25, 0.3) is 0 Å². The van der Waals surface area contributed by atoms with Crippen LogP contribution in [0, 0.1) is 12.7 Å². The highest BCUT2D eigenvalue weighted by Crippen LogP contribution is 2.48. The van der Waals surface area contributed by atoms with Crippen LogP contribution in [0.4, 0.5) is 21.0 Å². The number of benzene rings is 1. The summed E-state index contributed by atoms with van der Waals surface area (Å²) in [7, 11) is 1.67. The molecule has 8 nitrogen and oxygen atoms in total. The number of anilines is 3. The maximum Gasteiger partial charge on any atom is 0.267 e. The lowest BCUT2D eigenvalue weighted by molar-refractivity contribution is 0.101. The van der Waals surface area contributed by atoms with E-state index in [1.807, 2.05) is 6.07 Å². The van der Waals surface area contributed by atoms with Crippen LogP contribution in [0.2, 0.25) is 0 Å². The lowest BCUT2D eigenvalue weighted by Crippen LogP contribution is -2.18. The fourth-order valence-electron chi connectivity index (χ4n) is 3.47. The molecule has 0 unspecified atom stereocenters. The van der Waals surface area contributed by atoms with Crippen LogP contribution in [0.3, 0.4) is 0 Å². The van der Waals surface area contributed by atoms with Crippen molar-refractivity contribution in [1.29, 1.82) is 0 Å². The van der Waals surface area contributed by atoms with Crippen LogP contribution in [-0.2, 0) is 10.2 Å². The second-order valence-corrected chi connectivity index (χ2v) is 8.83. The Kier molecular flexibility index (Phi) is 5.90. The Balaban J connectivity index is 1.49. The number of pyridine rings is 1. The first kappa shape index (κ1) is 21.8. The number of carbonyl (C=O) groups excluding carboxylic acids is 2. The minimum Gasteiger partial charge on any atom is -0.384 e. The standard InChI is InChI=1S/C22H22FN5O3S/c1-12-7-15(23)14(8-16(12)27-20(30)17-10-26-21(24)32-17)19(29)28-18-4-3-13(9-25-18)22(5-6-22)11-31-2/h3-4,7-10H,5-6,11H2,1-2H3,(H2,24,26)(H,27,30)(H,25,28,29). The SMILES string of the molecule is COCC1(c2ccc(NC(=O)c3cc(NC(=O)c4cnc(N)s4)c(C)cc3F)nc2)CC1. The van der Waals surface area contributed by atoms with Crippen LogP contribution >= 0.6 is 11.3 Å². The molecule has 1 aliphatic rings. The Hall–Kier alpha value is -3.37. The molecule has 1 aromatic carbocycles. The maximum atomic E-state index is 14.5. The highest BCUT2D eigenvalue weighted by atomic mass is 32.1. The van der Waals surface area contributed by atoms with Crippen LogP contribution < -0.4 is 16.4 Å². The first-order valence-electron chi connectivity index (χ1n) is 9.91. The molecule has 1 fully saturated rings. The quantitative estimate of drug-likeness (QED) is 0.499. The summed E-state index contributed by atoms with van der Waals surface area (Å²) in [6, 6.07) is 6.08. The van der Waals surface area contributed by atoms with Gasteiger partial charge in [-0.05, 0) is 49.1 Å². The number of nitrogens with two attached hydrogens (primary N) is 1. The fraction of sp³-hybridized carbons (Fsp3) is 0.273. The number of aromatic nitrogens is 2. The minimum absolute atomic E-state index is 0.00319. The van der Waals surface area contributed by atoms with Gasteiger partial charge >= 0.3 is 0 Å². The summed E-state index contributed by atoms with van der Waals surface area (Å²) >= 11 is 1.03. The van der Waals surface area contributed by atoms with E-state index in [2.05, 4.69) is 20.6 Å². The molecular formula is C22H22FN5O3S. The minimum atomic E-state index is -0.700. The van der Waals surface area contributed by atoms with Gasteiger partial charge in [-0.2, -0.15) is 0 Å². The fourth-order valence-corrected chi connectivity index (χ4v) is 4.05. The van der Waals surface area contributed by atoms with Crippen molar-refractivity contribution in [2.45, 2.75) is 25.2 Å². The Morgan fingerprint density at radius 2 is 1.97 bits per heavy atom. The Morgan fingerprint density at radius 3 is 2.56 bits per heavy atom. The van der Waals surface area contributed by atoms with Gasteiger partial charge in [0.15, 0.2) is 5.13 Å². The Bertz CT molecular complexity index is 1170. The number of nitrogen functional groups attached to an aromatic ring is 1. The van der Waals surface area contributed by atoms with E-state index >= 15 is 0 Å². The van der Waals surface area contributed by atoms with Crippen molar-refractivity contribution in [2.75, 3.05) is 30.1 Å². The van der Waals surface area contributed by atoms with E-state index in [1.54, 1.807) is 26.3 Å². The van der Waals surface area contributed by atoms with Crippen LogP contribution in [-0.4, -0.2) is 35.5 Å². The van der Waals surface area contributed by atoms with Crippen molar-refractivity contribution in [2.24, 2.45) is 0 Å². The molecule has 1 aliphatic carbocycles. The van der Waals surface area contributed by atoms with E-state index in [1.165, 1.54) is 18.3 Å². The van der Waals surface area contributed by atoms with E-state index in [-0.39, 0.29) is 16.1 Å². The largest absolute Gasteiger partial charge is 0.384 e. The smallest absolute Gasteiger partial charge is 0.267 e. The average Bonchev–Trinajstić information content (AvgIpc) is 3.41. The molecular weight excluding hydrogens is 433 g/mol. The van der Waals surface area contributed by atoms with E-state index in [9.17, 15) is 14.0 Å². The van der Waals surface area contributed by atoms with Gasteiger partial charge in [-0.1, -0.05) is 17.4 Å². The highest BCUT2D eigenvalue weighted by molar-refractivity contribution is 7.17. The average molecular weight is 456 g/mol. The first-order chi connectivity index (χ1) is 15.3. The summed E-state index contributed by atoms with van der Waals surface area (Å²) < 4.78 is 19.8. The molecule has 32 heavy (non-hydrogen) atoms. The molecule has 4 N–H and O–H groups in total. The Labute approximate surface area is 188 Å². The molecule has 3 aromatic rings. The number of ether oxygens (including phenoxy) is 1. The number of nitrogens with zero attached hydrogens (tertiary/aromatic N) is 2. The number of amides is 2. The third-order valence-electron chi connectivity index (χ3n) is 5.45. The highest BCUT2D eigenvalue weighted by Gasteiger charge is 2.44. The number of halogens is 1. The summed E-state index contributed by atoms with van der Waals surface area (Å²) in [4.78, 5) is 33.5. The third kappa shape index (κ3) is 4.46. The zero-order chi connectivity index (χ0) is 22.9. The van der Waals surface area contributed by atoms with Crippen molar-refractivity contribution >= 4 is 39.8 Å². The summed E-state index contributed by atoms with van der Waals surface area (Å²) in [5.74, 6) is -1.51. The van der Waals surface area contributed by atoms with Gasteiger partial charge in [-0.3, -0.25) is 9.59 Å². The van der Waals surface area contributed by atoms with Crippen molar-refractivity contribution in [3.8, 4) is 0 Å². The van der Waals surface area contributed by atoms with Crippen LogP contribution in [0.5, 0.6) is 0 Å². The lowest BCUT2D eigenvalue weighted by Gasteiger charge is -2.15. The number of nitrogens with one attached hydrogen (secondary N) is 2. The van der Waals surface area contributed by atoms with Crippen LogP contribution in [0.15, 0.2) is 36.7 Å². The summed E-state index contributed by atoms with van der Waals surface area (Å²) in [6.07, 6.45) is 5.13. The topological polar surface area (TPSA) is 119 Å². The maximum absolute atomic E-state index is 14.5. The van der Waals surface area contributed by atoms with Gasteiger partial charge < -0.3 is 21.1 Å². The monoisotopic (exact) mass is 455 g/mol. The molecule has 0 radical (unpaired) electrons. The van der Waals surface area contributed by atoms with E-state index in [0.717, 1.165) is 29.7 Å². The van der Waals surface area contributed by atoms with Gasteiger partial charge in [0.05, 0.1) is 18.4 Å². The van der Waals surface area contributed by atoms with E-state index in [0.29, 0.717) is 28.6 Å². The van der Waals surface area contributed by atoms with Crippen molar-refractivity contribution in [1.82, 2.24) is 9.97 Å². The zero-order valence-electron chi connectivity index (χ0n) is 17.6. The molecule has 10 heteroatoms. The van der Waals surface area contributed by atoms with Gasteiger partial charge in [-0.15, -0.1) is 0 Å². The van der Waals surface area contributed by atoms with Gasteiger partial charge in [0.1, 0.15) is 16.5 Å². The molecule has 2 amide bonds. The number of methoxy groups -OCH3 is 1. The Morgan fingerprint density at radius 1 is 1.19 bits per heavy atom. The molecule has 2 heterocycles. The van der Waals surface area contributed by atoms with Crippen molar-refractivity contribution in [3.63, 3.8) is 0 Å². The molecule has 0 saturated heterocycles. The van der Waals surface area contributed by atoms with Gasteiger partial charge in [-0.25, -0.2) is 14.4 Å². The number of rotatable bonds is 7. The van der Waals surface area contributed by atoms with Crippen LogP contribution in [0.1, 0.15) is 44.0 Å². The number of hydrogen-bond donors (Lipinski definition) is 3. The van der Waals surface area contributed by atoms with E-state index in [4.69, 9.17) is 10.5 Å². The third-order valence-corrected chi connectivity index (χ3v) is 6.27. The number of thiazole rings is 1. The molecule has 2 aromatic heterocycles. The van der Waals surface area contributed by atoms with Gasteiger partial charge in [0.2, 0.25) is 0 Å². The predicted molar refractivity (Wildman–Crippen MR) is 121 cm³/mol. The first-order valence-corrected chi connectivity index (χ1v) is 10.7. The molecule has 0 bridgehead atoms. The summed E-state index contributed by atoms with van der Waals surface area (Å²) in [6.45, 7) is 2.26. The molecule has 0 atom stereocenters. The second kappa shape index (κ2) is 8.64.